The van der Waals surface area contributed by atoms with Crippen LogP contribution < -0.4 is 0 Å². The van der Waals surface area contributed by atoms with E-state index in [2.05, 4.69) is 31.2 Å². The number of likely N-dealkylation sites (tertiary alicyclic amines) is 1. The van der Waals surface area contributed by atoms with Crippen LogP contribution in [0.5, 0.6) is 0 Å². The molecule has 1 saturated heterocycles. The monoisotopic (exact) mass is 273 g/mol. The van der Waals surface area contributed by atoms with E-state index in [1.165, 1.54) is 11.1 Å². The molecule has 3 nitrogen and oxygen atoms in total. The highest BCUT2D eigenvalue weighted by atomic mass is 16.3. The molecule has 2 atom stereocenters. The molecule has 20 heavy (non-hydrogen) atoms. The Bertz CT molecular complexity index is 492. The third kappa shape index (κ3) is 2.59. The molecule has 1 N–H and O–H groups in total. The van der Waals surface area contributed by atoms with E-state index in [0.717, 1.165) is 32.4 Å². The lowest BCUT2D eigenvalue weighted by Crippen LogP contribution is -2.40. The Balaban J connectivity index is 1.60. The van der Waals surface area contributed by atoms with Gasteiger partial charge >= 0.3 is 0 Å². The Hall–Kier alpha value is -1.35. The van der Waals surface area contributed by atoms with Gasteiger partial charge < -0.3 is 10.0 Å². The van der Waals surface area contributed by atoms with E-state index in [0.29, 0.717) is 17.7 Å². The number of carbonyl (C=O) groups excluding carboxylic acids is 1. The summed E-state index contributed by atoms with van der Waals surface area (Å²) in [5, 5.41) is 9.16. The molecule has 0 aromatic heterocycles. The van der Waals surface area contributed by atoms with Crippen molar-refractivity contribution in [3.8, 4) is 0 Å². The van der Waals surface area contributed by atoms with Gasteiger partial charge in [0.25, 0.3) is 0 Å². The van der Waals surface area contributed by atoms with Crippen LogP contribution in [-0.2, 0) is 4.79 Å². The van der Waals surface area contributed by atoms with Gasteiger partial charge in [-0.25, -0.2) is 0 Å². The van der Waals surface area contributed by atoms with Crippen molar-refractivity contribution in [2.45, 2.75) is 32.1 Å². The van der Waals surface area contributed by atoms with Crippen molar-refractivity contribution in [2.24, 2.45) is 11.8 Å². The van der Waals surface area contributed by atoms with Crippen LogP contribution in [0.15, 0.2) is 24.3 Å². The number of hydrogen-bond acceptors (Lipinski definition) is 2. The molecule has 1 saturated carbocycles. The van der Waals surface area contributed by atoms with Crippen LogP contribution in [0, 0.1) is 18.8 Å². The Morgan fingerprint density at radius 2 is 2.00 bits per heavy atom. The first-order valence-corrected chi connectivity index (χ1v) is 7.66. The molecule has 2 aliphatic rings. The Morgan fingerprint density at radius 1 is 1.30 bits per heavy atom. The fraction of sp³-hybridized carbons (Fsp3) is 0.588. The normalized spacial score (nSPS) is 26.6. The van der Waals surface area contributed by atoms with Gasteiger partial charge in [-0.2, -0.15) is 0 Å². The number of aryl methyl sites for hydroxylation is 1. The number of piperidine rings is 1. The summed E-state index contributed by atoms with van der Waals surface area (Å²) in [7, 11) is 0. The molecule has 1 aliphatic carbocycles. The zero-order valence-electron chi connectivity index (χ0n) is 12.1. The second-order valence-electron chi connectivity index (χ2n) is 6.26. The Labute approximate surface area is 120 Å². The first kappa shape index (κ1) is 13.6. The zero-order chi connectivity index (χ0) is 14.1. The fourth-order valence-electron chi connectivity index (χ4n) is 3.38. The van der Waals surface area contributed by atoms with Crippen LogP contribution in [-0.4, -0.2) is 35.6 Å². The summed E-state index contributed by atoms with van der Waals surface area (Å²) < 4.78 is 0. The van der Waals surface area contributed by atoms with E-state index in [9.17, 15) is 4.79 Å². The number of aliphatic hydroxyl groups is 1. The predicted octanol–water partition coefficient (Wildman–Crippen LogP) is 2.33. The number of amides is 1. The fourth-order valence-corrected chi connectivity index (χ4v) is 3.38. The van der Waals surface area contributed by atoms with Crippen molar-refractivity contribution in [1.29, 1.82) is 0 Å². The minimum absolute atomic E-state index is 0.196. The first-order valence-electron chi connectivity index (χ1n) is 7.66. The molecule has 2 fully saturated rings. The van der Waals surface area contributed by atoms with Crippen molar-refractivity contribution >= 4 is 5.91 Å². The molecule has 1 heterocycles. The zero-order valence-corrected chi connectivity index (χ0v) is 12.1. The lowest BCUT2D eigenvalue weighted by molar-refractivity contribution is -0.134. The quantitative estimate of drug-likeness (QED) is 0.918. The number of carbonyl (C=O) groups is 1. The molecule has 1 aromatic rings. The van der Waals surface area contributed by atoms with Crippen molar-refractivity contribution in [2.75, 3.05) is 19.7 Å². The van der Waals surface area contributed by atoms with E-state index >= 15 is 0 Å². The Kier molecular flexibility index (Phi) is 3.79. The maximum atomic E-state index is 12.5. The number of hydrogen-bond donors (Lipinski definition) is 1. The van der Waals surface area contributed by atoms with Gasteiger partial charge in [-0.3, -0.25) is 4.79 Å². The summed E-state index contributed by atoms with van der Waals surface area (Å²) in [6.45, 7) is 4.03. The maximum absolute atomic E-state index is 12.5. The van der Waals surface area contributed by atoms with Gasteiger partial charge in [-0.15, -0.1) is 0 Å². The molecule has 0 bridgehead atoms. The number of rotatable bonds is 3. The van der Waals surface area contributed by atoms with Crippen molar-refractivity contribution < 1.29 is 9.90 Å². The highest BCUT2D eigenvalue weighted by molar-refractivity contribution is 5.83. The Morgan fingerprint density at radius 3 is 2.65 bits per heavy atom. The molecule has 3 rings (SSSR count). The van der Waals surface area contributed by atoms with E-state index in [1.807, 2.05) is 4.90 Å². The van der Waals surface area contributed by atoms with Gasteiger partial charge in [-0.1, -0.05) is 24.3 Å². The summed E-state index contributed by atoms with van der Waals surface area (Å²) in [6.07, 6.45) is 2.90. The molecule has 2 unspecified atom stereocenters. The van der Waals surface area contributed by atoms with Crippen LogP contribution in [0.25, 0.3) is 0 Å². The molecule has 0 spiro atoms. The summed E-state index contributed by atoms with van der Waals surface area (Å²) >= 11 is 0. The molecular formula is C17H23NO2. The molecule has 1 aromatic carbocycles. The van der Waals surface area contributed by atoms with Gasteiger partial charge in [0.15, 0.2) is 0 Å². The van der Waals surface area contributed by atoms with Crippen LogP contribution in [0.2, 0.25) is 0 Å². The van der Waals surface area contributed by atoms with Gasteiger partial charge in [0.1, 0.15) is 0 Å². The summed E-state index contributed by atoms with van der Waals surface area (Å²) in [5.41, 5.74) is 2.64. The molecule has 108 valence electrons. The van der Waals surface area contributed by atoms with Gasteiger partial charge in [0.2, 0.25) is 5.91 Å². The lowest BCUT2D eigenvalue weighted by atomic mass is 9.97. The van der Waals surface area contributed by atoms with Gasteiger partial charge in [0, 0.05) is 25.6 Å². The summed E-state index contributed by atoms with van der Waals surface area (Å²) in [4.78, 5) is 14.5. The summed E-state index contributed by atoms with van der Waals surface area (Å²) in [6, 6.07) is 8.40. The van der Waals surface area contributed by atoms with Crippen LogP contribution >= 0.6 is 0 Å². The first-order chi connectivity index (χ1) is 9.70. The SMILES string of the molecule is Cc1ccccc1C1CC1C(=O)N1CCC(CO)CC1. The van der Waals surface area contributed by atoms with Crippen molar-refractivity contribution in [3.05, 3.63) is 35.4 Å². The molecule has 3 heteroatoms. The topological polar surface area (TPSA) is 40.5 Å². The standard InChI is InChI=1S/C17H23NO2/c1-12-4-2-3-5-14(12)15-10-16(15)17(20)18-8-6-13(11-19)7-9-18/h2-5,13,15-16,19H,6-11H2,1H3. The maximum Gasteiger partial charge on any atom is 0.226 e. The largest absolute Gasteiger partial charge is 0.396 e. The lowest BCUT2D eigenvalue weighted by Gasteiger charge is -2.31. The molecule has 1 amide bonds. The second-order valence-corrected chi connectivity index (χ2v) is 6.26. The van der Waals surface area contributed by atoms with Crippen LogP contribution in [0.4, 0.5) is 0 Å². The smallest absolute Gasteiger partial charge is 0.226 e. The van der Waals surface area contributed by atoms with E-state index in [-0.39, 0.29) is 12.5 Å². The van der Waals surface area contributed by atoms with Crippen molar-refractivity contribution in [3.63, 3.8) is 0 Å². The van der Waals surface area contributed by atoms with Crippen molar-refractivity contribution in [1.82, 2.24) is 4.90 Å². The average molecular weight is 273 g/mol. The summed E-state index contributed by atoms with van der Waals surface area (Å²) in [5.74, 6) is 1.35. The van der Waals surface area contributed by atoms with E-state index in [4.69, 9.17) is 5.11 Å². The average Bonchev–Trinajstić information content (AvgIpc) is 3.27. The highest BCUT2D eigenvalue weighted by Crippen LogP contribution is 2.49. The van der Waals surface area contributed by atoms with Crippen LogP contribution in [0.3, 0.4) is 0 Å². The van der Waals surface area contributed by atoms with E-state index in [1.54, 1.807) is 0 Å². The van der Waals surface area contributed by atoms with E-state index < -0.39 is 0 Å². The minimum Gasteiger partial charge on any atom is -0.396 e. The van der Waals surface area contributed by atoms with Gasteiger partial charge in [-0.05, 0) is 49.1 Å². The molecular weight excluding hydrogens is 250 g/mol. The second kappa shape index (κ2) is 5.57. The number of aliphatic hydroxyl groups excluding tert-OH is 1. The number of benzene rings is 1. The predicted molar refractivity (Wildman–Crippen MR) is 78.4 cm³/mol. The molecule has 0 radical (unpaired) electrons. The van der Waals surface area contributed by atoms with Gasteiger partial charge in [0.05, 0.1) is 0 Å². The number of nitrogens with zero attached hydrogens (tertiary/aromatic N) is 1. The minimum atomic E-state index is 0.196. The third-order valence-electron chi connectivity index (χ3n) is 4.88. The molecule has 1 aliphatic heterocycles. The highest BCUT2D eigenvalue weighted by Gasteiger charge is 2.46. The third-order valence-corrected chi connectivity index (χ3v) is 4.88. The van der Waals surface area contributed by atoms with Crippen LogP contribution in [0.1, 0.15) is 36.3 Å².